The Labute approximate surface area is 111 Å². The Morgan fingerprint density at radius 1 is 1.21 bits per heavy atom. The van der Waals surface area contributed by atoms with Crippen LogP contribution < -0.4 is 11.1 Å². The van der Waals surface area contributed by atoms with E-state index >= 15 is 0 Å². The Morgan fingerprint density at radius 3 is 2.37 bits per heavy atom. The number of nitrogens with two attached hydrogens (primary N) is 1. The number of nitrogens with one attached hydrogen (secondary N) is 1. The number of nitrogen functional groups attached to an aromatic ring is 1. The van der Waals surface area contributed by atoms with Crippen LogP contribution in [-0.4, -0.2) is 46.6 Å². The molecule has 6 heteroatoms. The normalized spacial score (nSPS) is 11.3. The molecule has 0 aliphatic rings. The van der Waals surface area contributed by atoms with Crippen molar-refractivity contribution in [2.24, 2.45) is 0 Å². The summed E-state index contributed by atoms with van der Waals surface area (Å²) >= 11 is 0. The van der Waals surface area contributed by atoms with Gasteiger partial charge in [0.05, 0.1) is 19.8 Å². The number of aryl methyl sites for hydroxylation is 1. The first-order chi connectivity index (χ1) is 9.05. The first-order valence-electron chi connectivity index (χ1n) is 6.03. The molecule has 1 rings (SSSR count). The summed E-state index contributed by atoms with van der Waals surface area (Å²) in [4.78, 5) is 11.7. The standard InChI is InChI=1S/C13H20N2O4/c14-11-3-1-2-10(6-11)4-5-12(19)15-13(7-16,8-17)9-18/h1-3,6,16-18H,4-5,7-9,14H2,(H,15,19). The van der Waals surface area contributed by atoms with Crippen LogP contribution in [0.2, 0.25) is 0 Å². The van der Waals surface area contributed by atoms with Crippen LogP contribution in [0.15, 0.2) is 24.3 Å². The summed E-state index contributed by atoms with van der Waals surface area (Å²) in [6.45, 7) is -1.57. The molecule has 6 nitrogen and oxygen atoms in total. The molecule has 1 aromatic carbocycles. The molecule has 0 heterocycles. The fourth-order valence-corrected chi connectivity index (χ4v) is 1.63. The van der Waals surface area contributed by atoms with Crippen molar-refractivity contribution in [2.45, 2.75) is 18.4 Å². The molecule has 0 aliphatic carbocycles. The minimum atomic E-state index is -1.37. The van der Waals surface area contributed by atoms with Crippen molar-refractivity contribution < 1.29 is 20.1 Å². The fraction of sp³-hybridized carbons (Fsp3) is 0.462. The highest BCUT2D eigenvalue weighted by molar-refractivity contribution is 5.77. The second-order valence-corrected chi connectivity index (χ2v) is 4.55. The van der Waals surface area contributed by atoms with E-state index in [1.165, 1.54) is 0 Å². The Balaban J connectivity index is 2.52. The molecule has 19 heavy (non-hydrogen) atoms. The quantitative estimate of drug-likeness (QED) is 0.408. The monoisotopic (exact) mass is 268 g/mol. The van der Waals surface area contributed by atoms with E-state index in [-0.39, 0.29) is 12.3 Å². The van der Waals surface area contributed by atoms with Crippen molar-refractivity contribution in [1.82, 2.24) is 5.32 Å². The van der Waals surface area contributed by atoms with Gasteiger partial charge in [-0.25, -0.2) is 0 Å². The second kappa shape index (κ2) is 7.08. The zero-order chi connectivity index (χ0) is 14.3. The average molecular weight is 268 g/mol. The van der Waals surface area contributed by atoms with E-state index in [4.69, 9.17) is 21.1 Å². The fourth-order valence-electron chi connectivity index (χ4n) is 1.63. The number of aliphatic hydroxyl groups excluding tert-OH is 3. The number of carbonyl (C=O) groups is 1. The summed E-state index contributed by atoms with van der Waals surface area (Å²) in [5.41, 5.74) is 5.82. The number of benzene rings is 1. The zero-order valence-corrected chi connectivity index (χ0v) is 10.7. The van der Waals surface area contributed by atoms with Crippen LogP contribution in [0.25, 0.3) is 0 Å². The molecule has 0 spiro atoms. The van der Waals surface area contributed by atoms with Crippen LogP contribution in [-0.2, 0) is 11.2 Å². The highest BCUT2D eigenvalue weighted by Gasteiger charge is 2.29. The molecule has 6 N–H and O–H groups in total. The summed E-state index contributed by atoms with van der Waals surface area (Å²) in [5.74, 6) is -0.348. The molecule has 0 saturated carbocycles. The minimum absolute atomic E-state index is 0.186. The third kappa shape index (κ3) is 4.51. The lowest BCUT2D eigenvalue weighted by Gasteiger charge is -2.28. The third-order valence-electron chi connectivity index (χ3n) is 2.90. The van der Waals surface area contributed by atoms with Gasteiger partial charge in [-0.05, 0) is 24.1 Å². The summed E-state index contributed by atoms with van der Waals surface area (Å²) in [5, 5.41) is 29.7. The van der Waals surface area contributed by atoms with Crippen LogP contribution in [0, 0.1) is 0 Å². The molecule has 106 valence electrons. The topological polar surface area (TPSA) is 116 Å². The molecular formula is C13H20N2O4. The molecule has 0 radical (unpaired) electrons. The largest absolute Gasteiger partial charge is 0.399 e. The van der Waals surface area contributed by atoms with E-state index < -0.39 is 25.4 Å². The van der Waals surface area contributed by atoms with Crippen LogP contribution in [0.5, 0.6) is 0 Å². The molecule has 0 fully saturated rings. The maximum Gasteiger partial charge on any atom is 0.220 e. The Kier molecular flexibility index (Phi) is 5.75. The van der Waals surface area contributed by atoms with E-state index in [2.05, 4.69) is 5.32 Å². The molecule has 0 aromatic heterocycles. The maximum atomic E-state index is 11.7. The van der Waals surface area contributed by atoms with E-state index in [9.17, 15) is 4.79 Å². The lowest BCUT2D eigenvalue weighted by Crippen LogP contribution is -2.57. The first kappa shape index (κ1) is 15.4. The van der Waals surface area contributed by atoms with Crippen molar-refractivity contribution in [2.75, 3.05) is 25.6 Å². The van der Waals surface area contributed by atoms with Gasteiger partial charge in [-0.2, -0.15) is 0 Å². The van der Waals surface area contributed by atoms with Gasteiger partial charge < -0.3 is 26.4 Å². The number of carbonyl (C=O) groups excluding carboxylic acids is 1. The molecule has 0 atom stereocenters. The molecule has 0 saturated heterocycles. The van der Waals surface area contributed by atoms with Crippen molar-refractivity contribution in [1.29, 1.82) is 0 Å². The van der Waals surface area contributed by atoms with Crippen molar-refractivity contribution in [3.8, 4) is 0 Å². The number of amides is 1. The summed E-state index contributed by atoms with van der Waals surface area (Å²) in [6, 6.07) is 7.21. The van der Waals surface area contributed by atoms with Gasteiger partial charge in [0.1, 0.15) is 5.54 Å². The van der Waals surface area contributed by atoms with E-state index in [1.807, 2.05) is 12.1 Å². The summed E-state index contributed by atoms with van der Waals surface area (Å²) in [7, 11) is 0. The Bertz CT molecular complexity index is 411. The Hall–Kier alpha value is -1.63. The van der Waals surface area contributed by atoms with Crippen LogP contribution in [0.4, 0.5) is 5.69 Å². The zero-order valence-electron chi connectivity index (χ0n) is 10.7. The Morgan fingerprint density at radius 2 is 1.84 bits per heavy atom. The van der Waals surface area contributed by atoms with Gasteiger partial charge in [0.2, 0.25) is 5.91 Å². The van der Waals surface area contributed by atoms with Gasteiger partial charge in [0.25, 0.3) is 0 Å². The molecule has 0 unspecified atom stereocenters. The number of aliphatic hydroxyl groups is 3. The minimum Gasteiger partial charge on any atom is -0.399 e. The maximum absolute atomic E-state index is 11.7. The van der Waals surface area contributed by atoms with E-state index in [0.717, 1.165) is 5.56 Å². The van der Waals surface area contributed by atoms with Crippen LogP contribution >= 0.6 is 0 Å². The van der Waals surface area contributed by atoms with Gasteiger partial charge in [0, 0.05) is 12.1 Å². The van der Waals surface area contributed by atoms with Crippen molar-refractivity contribution in [3.63, 3.8) is 0 Å². The lowest BCUT2D eigenvalue weighted by molar-refractivity contribution is -0.125. The van der Waals surface area contributed by atoms with E-state index in [1.54, 1.807) is 12.1 Å². The van der Waals surface area contributed by atoms with Gasteiger partial charge in [0.15, 0.2) is 0 Å². The summed E-state index contributed by atoms with van der Waals surface area (Å²) < 4.78 is 0. The number of rotatable bonds is 7. The highest BCUT2D eigenvalue weighted by Crippen LogP contribution is 2.09. The molecular weight excluding hydrogens is 248 g/mol. The predicted molar refractivity (Wildman–Crippen MR) is 71.3 cm³/mol. The first-order valence-corrected chi connectivity index (χ1v) is 6.03. The molecule has 1 amide bonds. The van der Waals surface area contributed by atoms with Crippen molar-refractivity contribution >= 4 is 11.6 Å². The molecule has 0 bridgehead atoms. The van der Waals surface area contributed by atoms with Gasteiger partial charge in [-0.3, -0.25) is 4.79 Å². The smallest absolute Gasteiger partial charge is 0.220 e. The van der Waals surface area contributed by atoms with Crippen LogP contribution in [0.1, 0.15) is 12.0 Å². The molecule has 0 aliphatic heterocycles. The number of hydrogen-bond acceptors (Lipinski definition) is 5. The van der Waals surface area contributed by atoms with Gasteiger partial charge in [-0.15, -0.1) is 0 Å². The predicted octanol–water partition coefficient (Wildman–Crippen LogP) is -0.967. The van der Waals surface area contributed by atoms with E-state index in [0.29, 0.717) is 12.1 Å². The summed E-state index contributed by atoms with van der Waals surface area (Å²) in [6.07, 6.45) is 0.681. The van der Waals surface area contributed by atoms with Crippen LogP contribution in [0.3, 0.4) is 0 Å². The highest BCUT2D eigenvalue weighted by atomic mass is 16.3. The lowest BCUT2D eigenvalue weighted by atomic mass is 10.0. The average Bonchev–Trinajstić information content (AvgIpc) is 2.43. The number of hydrogen-bond donors (Lipinski definition) is 5. The third-order valence-corrected chi connectivity index (χ3v) is 2.90. The SMILES string of the molecule is Nc1cccc(CCC(=O)NC(CO)(CO)CO)c1. The van der Waals surface area contributed by atoms with Crippen molar-refractivity contribution in [3.05, 3.63) is 29.8 Å². The van der Waals surface area contributed by atoms with Gasteiger partial charge in [-0.1, -0.05) is 12.1 Å². The second-order valence-electron chi connectivity index (χ2n) is 4.55. The number of anilines is 1. The molecule has 1 aromatic rings. The van der Waals surface area contributed by atoms with Gasteiger partial charge >= 0.3 is 0 Å².